The third kappa shape index (κ3) is 4.28. The van der Waals surface area contributed by atoms with Crippen LogP contribution in [0.2, 0.25) is 0 Å². The first-order chi connectivity index (χ1) is 11.8. The Labute approximate surface area is 141 Å². The zero-order chi connectivity index (χ0) is 18.6. The Morgan fingerprint density at radius 1 is 1.32 bits per heavy atom. The first-order valence-electron chi connectivity index (χ1n) is 7.12. The van der Waals surface area contributed by atoms with Crippen molar-refractivity contribution in [3.8, 4) is 5.75 Å². The Morgan fingerprint density at radius 2 is 2.00 bits per heavy atom. The van der Waals surface area contributed by atoms with Gasteiger partial charge in [-0.15, -0.1) is 0 Å². The number of nitro benzene ring substituents is 1. The Hall–Kier alpha value is -3.50. The van der Waals surface area contributed by atoms with Crippen LogP contribution in [0.25, 0.3) is 0 Å². The molecule has 25 heavy (non-hydrogen) atoms. The van der Waals surface area contributed by atoms with Crippen LogP contribution in [0, 0.1) is 26.1 Å². The van der Waals surface area contributed by atoms with Crippen LogP contribution in [0.3, 0.4) is 0 Å². The summed E-state index contributed by atoms with van der Waals surface area (Å²) < 4.78 is 6.35. The smallest absolute Gasteiger partial charge is 0.306 e. The zero-order valence-corrected chi connectivity index (χ0v) is 13.4. The number of hydrogen-bond acceptors (Lipinski definition) is 7. The number of hydrogen-bond donors (Lipinski definition) is 1. The van der Waals surface area contributed by atoms with E-state index in [4.69, 9.17) is 4.74 Å². The number of methoxy groups -OCH3 is 1. The van der Waals surface area contributed by atoms with E-state index in [0.717, 1.165) is 6.20 Å². The predicted molar refractivity (Wildman–Crippen MR) is 86.3 cm³/mol. The maximum atomic E-state index is 12.3. The van der Waals surface area contributed by atoms with Crippen LogP contribution in [0.1, 0.15) is 6.92 Å². The van der Waals surface area contributed by atoms with Crippen LogP contribution in [-0.2, 0) is 11.3 Å². The molecular weight excluding hydrogens is 334 g/mol. The van der Waals surface area contributed by atoms with Crippen LogP contribution in [0.4, 0.5) is 17.1 Å². The van der Waals surface area contributed by atoms with Gasteiger partial charge in [0.15, 0.2) is 0 Å². The molecule has 0 aliphatic carbocycles. The summed E-state index contributed by atoms with van der Waals surface area (Å²) in [5.41, 5.74) is -0.0345. The Kier molecular flexibility index (Phi) is 5.27. The number of nitrogens with one attached hydrogen (secondary N) is 1. The summed E-state index contributed by atoms with van der Waals surface area (Å²) in [5, 5.41) is 27.8. The third-order valence-electron chi connectivity index (χ3n) is 3.39. The summed E-state index contributed by atoms with van der Waals surface area (Å²) in [6.07, 6.45) is 2.33. The van der Waals surface area contributed by atoms with Gasteiger partial charge in [-0.2, -0.15) is 5.10 Å². The third-order valence-corrected chi connectivity index (χ3v) is 3.39. The summed E-state index contributed by atoms with van der Waals surface area (Å²) in [6.45, 7) is 1.76. The fourth-order valence-corrected chi connectivity index (χ4v) is 2.06. The number of carbonyl (C=O) groups excluding carboxylic acids is 1. The van der Waals surface area contributed by atoms with Crippen molar-refractivity contribution in [3.05, 3.63) is 50.8 Å². The molecule has 2 rings (SSSR count). The van der Waals surface area contributed by atoms with Crippen LogP contribution in [0.15, 0.2) is 30.6 Å². The minimum Gasteiger partial charge on any atom is -0.494 e. The molecule has 0 aliphatic heterocycles. The molecule has 0 spiro atoms. The largest absolute Gasteiger partial charge is 0.494 e. The highest BCUT2D eigenvalue weighted by molar-refractivity contribution is 5.93. The molecule has 1 atom stereocenters. The first kappa shape index (κ1) is 17.8. The second-order valence-corrected chi connectivity index (χ2v) is 5.21. The molecule has 0 radical (unpaired) electrons. The standard InChI is InChI=1S/C14H15N5O6/c1-9(7-17-8-11(6-15-17)19(23)24)14(20)16-12-4-3-10(18(21)22)5-13(12)25-2/h3-6,8-9H,7H2,1-2H3,(H,16,20). The quantitative estimate of drug-likeness (QED) is 0.594. The molecular formula is C14H15N5O6. The van der Waals surface area contributed by atoms with E-state index in [2.05, 4.69) is 10.4 Å². The highest BCUT2D eigenvalue weighted by Gasteiger charge is 2.19. The highest BCUT2D eigenvalue weighted by atomic mass is 16.6. The number of nitrogens with zero attached hydrogens (tertiary/aromatic N) is 4. The van der Waals surface area contributed by atoms with Gasteiger partial charge in [-0.25, -0.2) is 0 Å². The lowest BCUT2D eigenvalue weighted by Gasteiger charge is -2.14. The van der Waals surface area contributed by atoms with Gasteiger partial charge >= 0.3 is 5.69 Å². The monoisotopic (exact) mass is 349 g/mol. The molecule has 1 unspecified atom stereocenters. The van der Waals surface area contributed by atoms with Gasteiger partial charge in [0, 0.05) is 6.07 Å². The van der Waals surface area contributed by atoms with Crippen molar-refractivity contribution in [3.63, 3.8) is 0 Å². The van der Waals surface area contributed by atoms with Gasteiger partial charge in [-0.05, 0) is 6.07 Å². The summed E-state index contributed by atoms with van der Waals surface area (Å²) in [5.74, 6) is -0.783. The maximum absolute atomic E-state index is 12.3. The predicted octanol–water partition coefficient (Wildman–Crippen LogP) is 1.98. The molecule has 1 heterocycles. The SMILES string of the molecule is COc1cc([N+](=O)[O-])ccc1NC(=O)C(C)Cn1cc([N+](=O)[O-])cn1. The van der Waals surface area contributed by atoms with Crippen molar-refractivity contribution in [2.75, 3.05) is 12.4 Å². The minimum absolute atomic E-state index is 0.134. The summed E-state index contributed by atoms with van der Waals surface area (Å²) in [7, 11) is 1.33. The van der Waals surface area contributed by atoms with Gasteiger partial charge in [0.2, 0.25) is 5.91 Å². The normalized spacial score (nSPS) is 11.6. The van der Waals surface area contributed by atoms with Crippen LogP contribution in [0.5, 0.6) is 5.75 Å². The summed E-state index contributed by atoms with van der Waals surface area (Å²) in [4.78, 5) is 32.5. The molecule has 1 aromatic heterocycles. The van der Waals surface area contributed by atoms with E-state index in [1.54, 1.807) is 6.92 Å². The van der Waals surface area contributed by atoms with Gasteiger partial charge in [0.05, 0.1) is 41.2 Å². The van der Waals surface area contributed by atoms with E-state index in [0.29, 0.717) is 0 Å². The Morgan fingerprint density at radius 3 is 2.56 bits per heavy atom. The maximum Gasteiger partial charge on any atom is 0.306 e. The zero-order valence-electron chi connectivity index (χ0n) is 13.4. The van der Waals surface area contributed by atoms with Gasteiger partial charge in [-0.1, -0.05) is 6.92 Å². The summed E-state index contributed by atoms with van der Waals surface area (Å²) >= 11 is 0. The summed E-state index contributed by atoms with van der Waals surface area (Å²) in [6, 6.07) is 3.83. The van der Waals surface area contributed by atoms with Crippen molar-refractivity contribution >= 4 is 23.0 Å². The van der Waals surface area contributed by atoms with Gasteiger partial charge in [-0.3, -0.25) is 29.7 Å². The molecule has 1 amide bonds. The number of ether oxygens (including phenoxy) is 1. The van der Waals surface area contributed by atoms with Crippen molar-refractivity contribution in [1.82, 2.24) is 9.78 Å². The van der Waals surface area contributed by atoms with Crippen LogP contribution >= 0.6 is 0 Å². The number of aromatic nitrogens is 2. The van der Waals surface area contributed by atoms with Crippen molar-refractivity contribution in [2.45, 2.75) is 13.5 Å². The van der Waals surface area contributed by atoms with E-state index in [-0.39, 0.29) is 35.3 Å². The fraction of sp³-hybridized carbons (Fsp3) is 0.286. The van der Waals surface area contributed by atoms with E-state index < -0.39 is 15.8 Å². The van der Waals surface area contributed by atoms with Crippen molar-refractivity contribution < 1.29 is 19.4 Å². The minimum atomic E-state index is -0.573. The molecule has 132 valence electrons. The number of benzene rings is 1. The topological polar surface area (TPSA) is 142 Å². The average molecular weight is 349 g/mol. The number of anilines is 1. The molecule has 0 aliphatic rings. The van der Waals surface area contributed by atoms with Gasteiger partial charge in [0.25, 0.3) is 5.69 Å². The van der Waals surface area contributed by atoms with E-state index in [9.17, 15) is 25.0 Å². The second kappa shape index (κ2) is 7.38. The molecule has 1 N–H and O–H groups in total. The second-order valence-electron chi connectivity index (χ2n) is 5.21. The van der Waals surface area contributed by atoms with Crippen molar-refractivity contribution in [2.24, 2.45) is 5.92 Å². The van der Waals surface area contributed by atoms with Gasteiger partial charge < -0.3 is 10.1 Å². The highest BCUT2D eigenvalue weighted by Crippen LogP contribution is 2.29. The lowest BCUT2D eigenvalue weighted by atomic mass is 10.1. The van der Waals surface area contributed by atoms with E-state index >= 15 is 0 Å². The van der Waals surface area contributed by atoms with E-state index in [1.165, 1.54) is 36.2 Å². The van der Waals surface area contributed by atoms with Crippen LogP contribution < -0.4 is 10.1 Å². The van der Waals surface area contributed by atoms with Gasteiger partial charge in [0.1, 0.15) is 18.1 Å². The number of nitro groups is 2. The molecule has 11 nitrogen and oxygen atoms in total. The Balaban J connectivity index is 2.07. The fourth-order valence-electron chi connectivity index (χ4n) is 2.06. The molecule has 0 saturated carbocycles. The van der Waals surface area contributed by atoms with E-state index in [1.807, 2.05) is 0 Å². The average Bonchev–Trinajstić information content (AvgIpc) is 3.03. The molecule has 11 heteroatoms. The number of amides is 1. The lowest BCUT2D eigenvalue weighted by Crippen LogP contribution is -2.24. The Bertz CT molecular complexity index is 818. The molecule has 1 aromatic carbocycles. The molecule has 2 aromatic rings. The number of non-ortho nitro benzene ring substituents is 1. The first-order valence-corrected chi connectivity index (χ1v) is 7.12. The number of carbonyl (C=O) groups is 1. The molecule has 0 saturated heterocycles. The van der Waals surface area contributed by atoms with Crippen LogP contribution in [-0.4, -0.2) is 32.6 Å². The lowest BCUT2D eigenvalue weighted by molar-refractivity contribution is -0.385. The molecule has 0 bridgehead atoms. The molecule has 0 fully saturated rings. The number of rotatable bonds is 7. The van der Waals surface area contributed by atoms with Crippen molar-refractivity contribution in [1.29, 1.82) is 0 Å².